The predicted octanol–water partition coefficient (Wildman–Crippen LogP) is 6.29. The molecular formula is C26H36N2O4. The first-order chi connectivity index (χ1) is 15.1. The fourth-order valence-corrected chi connectivity index (χ4v) is 3.72. The van der Waals surface area contributed by atoms with E-state index in [9.17, 15) is 4.79 Å². The van der Waals surface area contributed by atoms with Crippen molar-refractivity contribution in [3.63, 3.8) is 0 Å². The lowest BCUT2D eigenvalue weighted by atomic mass is 9.92. The molecular weight excluding hydrogens is 404 g/mol. The molecule has 1 saturated carbocycles. The Labute approximate surface area is 191 Å². The number of amides is 1. The summed E-state index contributed by atoms with van der Waals surface area (Å²) in [6, 6.07) is 8.34. The summed E-state index contributed by atoms with van der Waals surface area (Å²) in [6.07, 6.45) is 8.06. The van der Waals surface area contributed by atoms with Crippen molar-refractivity contribution in [2.75, 3.05) is 6.61 Å². The van der Waals surface area contributed by atoms with Gasteiger partial charge in [0.2, 0.25) is 0 Å². The van der Waals surface area contributed by atoms with E-state index in [0.29, 0.717) is 5.92 Å². The van der Waals surface area contributed by atoms with Gasteiger partial charge in [0.1, 0.15) is 23.2 Å². The molecule has 0 bridgehead atoms. The number of primary amides is 1. The quantitative estimate of drug-likeness (QED) is 0.534. The van der Waals surface area contributed by atoms with Gasteiger partial charge in [-0.3, -0.25) is 4.98 Å². The highest BCUT2D eigenvalue weighted by Crippen LogP contribution is 2.51. The summed E-state index contributed by atoms with van der Waals surface area (Å²) in [6.45, 7) is 10.5. The van der Waals surface area contributed by atoms with Crippen molar-refractivity contribution in [2.45, 2.75) is 72.0 Å². The molecule has 174 valence electrons. The second-order valence-corrected chi connectivity index (χ2v) is 9.91. The Hall–Kier alpha value is -2.76. The molecule has 1 amide bonds. The SMILES string of the molecule is CC(C)(C)OC(N)=O.CC(C)CCCOc1ccc2c(c1)OC(C1CC1)c1cnccc1-2. The van der Waals surface area contributed by atoms with Gasteiger partial charge in [0, 0.05) is 35.5 Å². The highest BCUT2D eigenvalue weighted by molar-refractivity contribution is 5.76. The molecule has 1 fully saturated rings. The largest absolute Gasteiger partial charge is 0.493 e. The number of ether oxygens (including phenoxy) is 3. The van der Waals surface area contributed by atoms with Crippen LogP contribution in [0.4, 0.5) is 4.79 Å². The number of rotatable bonds is 6. The molecule has 1 aliphatic carbocycles. The zero-order valence-corrected chi connectivity index (χ0v) is 19.9. The van der Waals surface area contributed by atoms with Crippen molar-refractivity contribution in [3.05, 3.63) is 42.2 Å². The monoisotopic (exact) mass is 440 g/mol. The minimum atomic E-state index is -0.725. The molecule has 1 aromatic carbocycles. The second kappa shape index (κ2) is 10.2. The first kappa shape index (κ1) is 23.9. The fourth-order valence-electron chi connectivity index (χ4n) is 3.72. The van der Waals surface area contributed by atoms with Gasteiger partial charge >= 0.3 is 6.09 Å². The van der Waals surface area contributed by atoms with Crippen LogP contribution in [0.1, 0.15) is 72.0 Å². The first-order valence-electron chi connectivity index (χ1n) is 11.5. The van der Waals surface area contributed by atoms with E-state index in [0.717, 1.165) is 36.0 Å². The van der Waals surface area contributed by atoms with Crippen LogP contribution < -0.4 is 15.2 Å². The first-order valence-corrected chi connectivity index (χ1v) is 11.5. The summed E-state index contributed by atoms with van der Waals surface area (Å²) in [5, 5.41) is 0. The van der Waals surface area contributed by atoms with E-state index >= 15 is 0 Å². The maximum absolute atomic E-state index is 10.0. The Morgan fingerprint density at radius 3 is 2.56 bits per heavy atom. The number of carbonyl (C=O) groups excluding carboxylic acids is 1. The van der Waals surface area contributed by atoms with Gasteiger partial charge in [-0.2, -0.15) is 0 Å². The highest BCUT2D eigenvalue weighted by atomic mass is 16.6. The molecule has 1 atom stereocenters. The summed E-state index contributed by atoms with van der Waals surface area (Å²) in [5.41, 5.74) is 7.91. The third-order valence-electron chi connectivity index (χ3n) is 5.31. The smallest absolute Gasteiger partial charge is 0.405 e. The molecule has 2 aromatic rings. The molecule has 0 spiro atoms. The maximum Gasteiger partial charge on any atom is 0.405 e. The molecule has 2 heterocycles. The number of pyridine rings is 1. The Kier molecular flexibility index (Phi) is 7.64. The van der Waals surface area contributed by atoms with E-state index in [1.165, 1.54) is 30.4 Å². The number of carbonyl (C=O) groups is 1. The summed E-state index contributed by atoms with van der Waals surface area (Å²) in [5.74, 6) is 3.22. The van der Waals surface area contributed by atoms with Crippen LogP contribution in [-0.2, 0) is 4.74 Å². The van der Waals surface area contributed by atoms with E-state index in [1.807, 2.05) is 12.4 Å². The summed E-state index contributed by atoms with van der Waals surface area (Å²) in [7, 11) is 0. The van der Waals surface area contributed by atoms with Crippen LogP contribution in [0.15, 0.2) is 36.7 Å². The summed E-state index contributed by atoms with van der Waals surface area (Å²) >= 11 is 0. The summed E-state index contributed by atoms with van der Waals surface area (Å²) < 4.78 is 16.9. The molecule has 1 aliphatic heterocycles. The van der Waals surface area contributed by atoms with E-state index in [-0.39, 0.29) is 6.10 Å². The van der Waals surface area contributed by atoms with E-state index in [4.69, 9.17) is 15.2 Å². The van der Waals surface area contributed by atoms with Crippen LogP contribution in [0.25, 0.3) is 11.1 Å². The lowest BCUT2D eigenvalue weighted by Crippen LogP contribution is -2.27. The second-order valence-electron chi connectivity index (χ2n) is 9.91. The van der Waals surface area contributed by atoms with Gasteiger partial charge in [-0.05, 0) is 76.1 Å². The third kappa shape index (κ3) is 6.87. The van der Waals surface area contributed by atoms with Gasteiger partial charge in [-0.25, -0.2) is 4.79 Å². The minimum Gasteiger partial charge on any atom is -0.493 e. The molecule has 0 saturated heterocycles. The van der Waals surface area contributed by atoms with Crippen LogP contribution in [0, 0.1) is 11.8 Å². The van der Waals surface area contributed by atoms with Crippen LogP contribution >= 0.6 is 0 Å². The summed E-state index contributed by atoms with van der Waals surface area (Å²) in [4.78, 5) is 14.3. The maximum atomic E-state index is 10.0. The molecule has 6 nitrogen and oxygen atoms in total. The zero-order chi connectivity index (χ0) is 23.3. The lowest BCUT2D eigenvalue weighted by molar-refractivity contribution is 0.0600. The molecule has 2 aliphatic rings. The van der Waals surface area contributed by atoms with Crippen molar-refractivity contribution in [1.29, 1.82) is 0 Å². The number of hydrogen-bond acceptors (Lipinski definition) is 5. The Morgan fingerprint density at radius 2 is 1.97 bits per heavy atom. The molecule has 0 radical (unpaired) electrons. The highest BCUT2D eigenvalue weighted by Gasteiger charge is 2.38. The Balaban J connectivity index is 0.000000312. The number of benzene rings is 1. The molecule has 32 heavy (non-hydrogen) atoms. The number of hydrogen-bond donors (Lipinski definition) is 1. The minimum absolute atomic E-state index is 0.150. The van der Waals surface area contributed by atoms with E-state index in [1.54, 1.807) is 20.8 Å². The standard InChI is InChI=1S/C21H25NO2.C5H11NO2/c1-14(2)4-3-11-23-16-7-8-18-17-9-10-22-13-19(17)21(15-5-6-15)24-20(18)12-16;1-5(2,3)8-4(6)7/h7-10,12-15,21H,3-6,11H2,1-2H3;1-3H3,(H2,6,7). The van der Waals surface area contributed by atoms with E-state index in [2.05, 4.69) is 47.8 Å². The molecule has 1 aromatic heterocycles. The van der Waals surface area contributed by atoms with Crippen molar-refractivity contribution in [1.82, 2.24) is 4.98 Å². The topological polar surface area (TPSA) is 83.7 Å². The van der Waals surface area contributed by atoms with Crippen molar-refractivity contribution >= 4 is 6.09 Å². The van der Waals surface area contributed by atoms with Crippen LogP contribution in [0.3, 0.4) is 0 Å². The molecule has 6 heteroatoms. The number of aromatic nitrogens is 1. The van der Waals surface area contributed by atoms with Crippen molar-refractivity contribution in [2.24, 2.45) is 17.6 Å². The predicted molar refractivity (Wildman–Crippen MR) is 126 cm³/mol. The lowest BCUT2D eigenvalue weighted by Gasteiger charge is -2.28. The van der Waals surface area contributed by atoms with Crippen molar-refractivity contribution < 1.29 is 19.0 Å². The van der Waals surface area contributed by atoms with Gasteiger partial charge in [0.25, 0.3) is 0 Å². The van der Waals surface area contributed by atoms with Gasteiger partial charge in [0.15, 0.2) is 0 Å². The van der Waals surface area contributed by atoms with E-state index < -0.39 is 11.7 Å². The number of fused-ring (bicyclic) bond motifs is 3. The van der Waals surface area contributed by atoms with Crippen molar-refractivity contribution in [3.8, 4) is 22.6 Å². The van der Waals surface area contributed by atoms with Gasteiger partial charge < -0.3 is 19.9 Å². The zero-order valence-electron chi connectivity index (χ0n) is 19.9. The van der Waals surface area contributed by atoms with Crippen LogP contribution in [0.5, 0.6) is 11.5 Å². The molecule has 2 N–H and O–H groups in total. The molecule has 4 rings (SSSR count). The average molecular weight is 441 g/mol. The number of nitrogens with two attached hydrogens (primary N) is 1. The Morgan fingerprint density at radius 1 is 1.22 bits per heavy atom. The van der Waals surface area contributed by atoms with Crippen LogP contribution in [-0.4, -0.2) is 23.3 Å². The molecule has 1 unspecified atom stereocenters. The Bertz CT molecular complexity index is 916. The van der Waals surface area contributed by atoms with Gasteiger partial charge in [-0.1, -0.05) is 13.8 Å². The fraction of sp³-hybridized carbons (Fsp3) is 0.538. The van der Waals surface area contributed by atoms with Gasteiger partial charge in [0.05, 0.1) is 6.61 Å². The average Bonchev–Trinajstić information content (AvgIpc) is 3.54. The third-order valence-corrected chi connectivity index (χ3v) is 5.31. The normalized spacial score (nSPS) is 16.8. The van der Waals surface area contributed by atoms with Gasteiger partial charge in [-0.15, -0.1) is 0 Å². The van der Waals surface area contributed by atoms with Crippen LogP contribution in [0.2, 0.25) is 0 Å². The number of nitrogens with zero attached hydrogens (tertiary/aromatic N) is 1.